The van der Waals surface area contributed by atoms with Gasteiger partial charge in [-0.15, -0.1) is 0 Å². The molecule has 3 heteroatoms. The quantitative estimate of drug-likeness (QED) is 0.792. The van der Waals surface area contributed by atoms with Crippen molar-refractivity contribution >= 4 is 5.78 Å². The number of carbonyl (C=O) groups excluding carboxylic acids is 1. The minimum absolute atomic E-state index is 0.0470. The molecule has 0 aliphatic carbocycles. The molecule has 21 heavy (non-hydrogen) atoms. The highest BCUT2D eigenvalue weighted by atomic mass is 16.5. The fraction of sp³-hybridized carbons (Fsp3) is 0.278. The van der Waals surface area contributed by atoms with E-state index in [0.29, 0.717) is 18.7 Å². The van der Waals surface area contributed by atoms with Crippen LogP contribution in [-0.4, -0.2) is 18.9 Å². The number of ketones is 1. The first-order valence-corrected chi connectivity index (χ1v) is 7.28. The van der Waals surface area contributed by atoms with Crippen LogP contribution in [0, 0.1) is 0 Å². The van der Waals surface area contributed by atoms with E-state index in [1.165, 1.54) is 0 Å². The van der Waals surface area contributed by atoms with Gasteiger partial charge in [-0.25, -0.2) is 0 Å². The fourth-order valence-electron chi connectivity index (χ4n) is 2.22. The topological polar surface area (TPSA) is 52.3 Å². The summed E-state index contributed by atoms with van der Waals surface area (Å²) in [7, 11) is 0. The molecule has 0 aromatic heterocycles. The molecule has 0 spiro atoms. The zero-order chi connectivity index (χ0) is 15.1. The molecular weight excluding hydrogens is 262 g/mol. The summed E-state index contributed by atoms with van der Waals surface area (Å²) in [6.45, 7) is 3.04. The summed E-state index contributed by atoms with van der Waals surface area (Å²) in [6, 6.07) is 16.9. The summed E-state index contributed by atoms with van der Waals surface area (Å²) in [5.41, 5.74) is 7.41. The molecule has 2 aromatic carbocycles. The average molecular weight is 283 g/mol. The predicted molar refractivity (Wildman–Crippen MR) is 84.8 cm³/mol. The number of nitrogens with two attached hydrogens (primary N) is 1. The Bertz CT molecular complexity index is 564. The van der Waals surface area contributed by atoms with Crippen molar-refractivity contribution in [2.75, 3.05) is 13.2 Å². The van der Waals surface area contributed by atoms with E-state index in [-0.39, 0.29) is 11.7 Å². The van der Waals surface area contributed by atoms with Crippen LogP contribution in [0.5, 0.6) is 5.75 Å². The van der Waals surface area contributed by atoms with E-state index in [1.54, 1.807) is 12.1 Å². The van der Waals surface area contributed by atoms with Crippen LogP contribution in [0.4, 0.5) is 0 Å². The number of benzene rings is 2. The lowest BCUT2D eigenvalue weighted by molar-refractivity contribution is 0.0962. The van der Waals surface area contributed by atoms with Gasteiger partial charge in [0.05, 0.1) is 12.5 Å². The van der Waals surface area contributed by atoms with Crippen LogP contribution in [0.3, 0.4) is 0 Å². The third-order valence-corrected chi connectivity index (χ3v) is 3.37. The van der Waals surface area contributed by atoms with Crippen molar-refractivity contribution < 1.29 is 9.53 Å². The Hall–Kier alpha value is -2.13. The van der Waals surface area contributed by atoms with Crippen molar-refractivity contribution in [3.63, 3.8) is 0 Å². The van der Waals surface area contributed by atoms with Crippen molar-refractivity contribution in [1.29, 1.82) is 0 Å². The number of carbonyl (C=O) groups is 1. The van der Waals surface area contributed by atoms with E-state index < -0.39 is 0 Å². The second kappa shape index (κ2) is 7.60. The summed E-state index contributed by atoms with van der Waals surface area (Å²) in [6.07, 6.45) is 0.962. The summed E-state index contributed by atoms with van der Waals surface area (Å²) in [4.78, 5) is 12.6. The van der Waals surface area contributed by atoms with E-state index in [9.17, 15) is 4.79 Å². The Morgan fingerprint density at radius 1 is 1.10 bits per heavy atom. The van der Waals surface area contributed by atoms with Crippen LogP contribution >= 0.6 is 0 Å². The second-order valence-corrected chi connectivity index (χ2v) is 4.94. The SMILES string of the molecule is CCCOc1ccc(C(=O)C(CN)c2ccccc2)cc1. The molecule has 0 amide bonds. The first-order chi connectivity index (χ1) is 10.3. The highest BCUT2D eigenvalue weighted by molar-refractivity contribution is 6.01. The number of hydrogen-bond donors (Lipinski definition) is 1. The lowest BCUT2D eigenvalue weighted by Crippen LogP contribution is -2.21. The first-order valence-electron chi connectivity index (χ1n) is 7.28. The summed E-state index contributed by atoms with van der Waals surface area (Å²) < 4.78 is 5.53. The van der Waals surface area contributed by atoms with E-state index >= 15 is 0 Å². The molecule has 0 saturated carbocycles. The van der Waals surface area contributed by atoms with Gasteiger partial charge in [-0.2, -0.15) is 0 Å². The molecule has 0 saturated heterocycles. The van der Waals surface area contributed by atoms with Gasteiger partial charge in [0.2, 0.25) is 0 Å². The van der Waals surface area contributed by atoms with Crippen molar-refractivity contribution in [2.24, 2.45) is 5.73 Å². The third kappa shape index (κ3) is 3.92. The van der Waals surface area contributed by atoms with Gasteiger partial charge in [-0.05, 0) is 36.2 Å². The van der Waals surface area contributed by atoms with Gasteiger partial charge in [0.1, 0.15) is 5.75 Å². The molecule has 3 nitrogen and oxygen atoms in total. The Kier molecular flexibility index (Phi) is 5.52. The second-order valence-electron chi connectivity index (χ2n) is 4.94. The smallest absolute Gasteiger partial charge is 0.171 e. The molecule has 1 unspecified atom stereocenters. The van der Waals surface area contributed by atoms with Crippen molar-refractivity contribution in [3.8, 4) is 5.75 Å². The molecule has 0 fully saturated rings. The normalized spacial score (nSPS) is 11.9. The van der Waals surface area contributed by atoms with Gasteiger partial charge in [0, 0.05) is 12.1 Å². The summed E-state index contributed by atoms with van der Waals surface area (Å²) in [5, 5.41) is 0. The zero-order valence-electron chi connectivity index (χ0n) is 12.3. The molecule has 2 aromatic rings. The van der Waals surface area contributed by atoms with Gasteiger partial charge in [-0.3, -0.25) is 4.79 Å². The molecule has 0 aliphatic rings. The molecule has 110 valence electrons. The molecule has 0 bridgehead atoms. The van der Waals surface area contributed by atoms with Crippen molar-refractivity contribution in [3.05, 3.63) is 65.7 Å². The third-order valence-electron chi connectivity index (χ3n) is 3.37. The largest absolute Gasteiger partial charge is 0.494 e. The van der Waals surface area contributed by atoms with Gasteiger partial charge >= 0.3 is 0 Å². The van der Waals surface area contributed by atoms with E-state index in [1.807, 2.05) is 42.5 Å². The standard InChI is InChI=1S/C18H21NO2/c1-2-12-21-16-10-8-15(9-11-16)18(20)17(13-19)14-6-4-3-5-7-14/h3-11,17H,2,12-13,19H2,1H3. The van der Waals surface area contributed by atoms with Crippen LogP contribution in [-0.2, 0) is 0 Å². The monoisotopic (exact) mass is 283 g/mol. The van der Waals surface area contributed by atoms with Gasteiger partial charge in [0.25, 0.3) is 0 Å². The Balaban J connectivity index is 2.14. The van der Waals surface area contributed by atoms with E-state index in [2.05, 4.69) is 6.92 Å². The number of hydrogen-bond acceptors (Lipinski definition) is 3. The van der Waals surface area contributed by atoms with Gasteiger partial charge < -0.3 is 10.5 Å². The van der Waals surface area contributed by atoms with Crippen LogP contribution in [0.2, 0.25) is 0 Å². The summed E-state index contributed by atoms with van der Waals surface area (Å²) >= 11 is 0. The maximum Gasteiger partial charge on any atom is 0.171 e. The minimum atomic E-state index is -0.298. The molecule has 2 N–H and O–H groups in total. The zero-order valence-corrected chi connectivity index (χ0v) is 12.3. The Morgan fingerprint density at radius 2 is 1.76 bits per heavy atom. The lowest BCUT2D eigenvalue weighted by Gasteiger charge is -2.14. The van der Waals surface area contributed by atoms with Crippen molar-refractivity contribution in [2.45, 2.75) is 19.3 Å². The van der Waals surface area contributed by atoms with Crippen LogP contribution in [0.25, 0.3) is 0 Å². The van der Waals surface area contributed by atoms with E-state index in [0.717, 1.165) is 17.7 Å². The van der Waals surface area contributed by atoms with E-state index in [4.69, 9.17) is 10.5 Å². The molecule has 0 aliphatic heterocycles. The van der Waals surface area contributed by atoms with Gasteiger partial charge in [0.15, 0.2) is 5.78 Å². The molecule has 2 rings (SSSR count). The average Bonchev–Trinajstić information content (AvgIpc) is 2.55. The van der Waals surface area contributed by atoms with Gasteiger partial charge in [-0.1, -0.05) is 37.3 Å². The Morgan fingerprint density at radius 3 is 2.33 bits per heavy atom. The molecule has 1 atom stereocenters. The maximum absolute atomic E-state index is 12.6. The highest BCUT2D eigenvalue weighted by Gasteiger charge is 2.20. The minimum Gasteiger partial charge on any atom is -0.494 e. The van der Waals surface area contributed by atoms with Crippen LogP contribution in [0.1, 0.15) is 35.2 Å². The number of ether oxygens (including phenoxy) is 1. The predicted octanol–water partition coefficient (Wildman–Crippen LogP) is 3.40. The number of rotatable bonds is 7. The fourth-order valence-corrected chi connectivity index (χ4v) is 2.22. The molecular formula is C18H21NO2. The molecule has 0 heterocycles. The van der Waals surface area contributed by atoms with Crippen molar-refractivity contribution in [1.82, 2.24) is 0 Å². The van der Waals surface area contributed by atoms with Crippen LogP contribution < -0.4 is 10.5 Å². The maximum atomic E-state index is 12.6. The Labute approximate surface area is 125 Å². The highest BCUT2D eigenvalue weighted by Crippen LogP contribution is 2.21. The lowest BCUT2D eigenvalue weighted by atomic mass is 9.91. The molecule has 0 radical (unpaired) electrons. The number of Topliss-reactive ketones (excluding diaryl/α,β-unsaturated/α-hetero) is 1. The summed E-state index contributed by atoms with van der Waals surface area (Å²) in [5.74, 6) is 0.539. The first kappa shape index (κ1) is 15.3. The van der Waals surface area contributed by atoms with Crippen LogP contribution in [0.15, 0.2) is 54.6 Å².